The van der Waals surface area contributed by atoms with Gasteiger partial charge in [0.1, 0.15) is 0 Å². The minimum Gasteiger partial charge on any atom is -0.399 e. The molecule has 1 unspecified atom stereocenters. The Kier molecular flexibility index (Phi) is 3.71. The lowest BCUT2D eigenvalue weighted by Gasteiger charge is -2.14. The van der Waals surface area contributed by atoms with Crippen molar-refractivity contribution in [3.8, 4) is 0 Å². The van der Waals surface area contributed by atoms with Gasteiger partial charge in [-0.2, -0.15) is 0 Å². The van der Waals surface area contributed by atoms with Gasteiger partial charge in [-0.05, 0) is 60.1 Å². The van der Waals surface area contributed by atoms with Gasteiger partial charge in [-0.15, -0.1) is 0 Å². The molecule has 1 atom stereocenters. The van der Waals surface area contributed by atoms with Crippen molar-refractivity contribution < 1.29 is 0 Å². The zero-order chi connectivity index (χ0) is 11.5. The Balaban J connectivity index is 1.89. The molecule has 1 aromatic carbocycles. The normalized spacial score (nSPS) is 21.2. The van der Waals surface area contributed by atoms with Crippen molar-refractivity contribution in [3.05, 3.63) is 22.7 Å². The van der Waals surface area contributed by atoms with Gasteiger partial charge in [0.15, 0.2) is 0 Å². The van der Waals surface area contributed by atoms with Crippen LogP contribution in [0.1, 0.15) is 6.42 Å². The number of benzene rings is 1. The highest BCUT2D eigenvalue weighted by atomic mass is 79.9. The quantitative estimate of drug-likeness (QED) is 0.837. The van der Waals surface area contributed by atoms with Gasteiger partial charge in [0, 0.05) is 28.9 Å². The number of anilines is 2. The Morgan fingerprint density at radius 2 is 2.38 bits per heavy atom. The smallest absolute Gasteiger partial charge is 0.0486 e. The molecule has 1 aliphatic heterocycles. The molecule has 0 aliphatic carbocycles. The van der Waals surface area contributed by atoms with E-state index in [-0.39, 0.29) is 0 Å². The Morgan fingerprint density at radius 3 is 3.00 bits per heavy atom. The van der Waals surface area contributed by atoms with Gasteiger partial charge >= 0.3 is 0 Å². The molecule has 1 aromatic rings. The summed E-state index contributed by atoms with van der Waals surface area (Å²) >= 11 is 3.52. The lowest BCUT2D eigenvalue weighted by molar-refractivity contribution is 0.399. The summed E-state index contributed by atoms with van der Waals surface area (Å²) in [6.07, 6.45) is 1.29. The number of nitrogens with zero attached hydrogens (tertiary/aromatic N) is 1. The number of halogens is 1. The lowest BCUT2D eigenvalue weighted by atomic mass is 10.1. The minimum absolute atomic E-state index is 0.759. The van der Waals surface area contributed by atoms with Crippen molar-refractivity contribution in [1.82, 2.24) is 4.90 Å². The summed E-state index contributed by atoms with van der Waals surface area (Å²) in [5.74, 6) is 0.759. The molecule has 3 nitrogen and oxygen atoms in total. The molecule has 88 valence electrons. The fraction of sp³-hybridized carbons (Fsp3) is 0.500. The van der Waals surface area contributed by atoms with Crippen LogP contribution in [0.5, 0.6) is 0 Å². The van der Waals surface area contributed by atoms with E-state index < -0.39 is 0 Å². The average Bonchev–Trinajstić information content (AvgIpc) is 2.63. The number of rotatable bonds is 3. The van der Waals surface area contributed by atoms with Crippen LogP contribution in [0.2, 0.25) is 0 Å². The van der Waals surface area contributed by atoms with Crippen molar-refractivity contribution in [2.45, 2.75) is 6.42 Å². The third-order valence-corrected chi connectivity index (χ3v) is 3.72. The van der Waals surface area contributed by atoms with Gasteiger partial charge in [0.05, 0.1) is 0 Å². The van der Waals surface area contributed by atoms with E-state index in [0.29, 0.717) is 0 Å². The second-order valence-corrected chi connectivity index (χ2v) is 5.39. The molecule has 2 rings (SSSR count). The van der Waals surface area contributed by atoms with Crippen molar-refractivity contribution in [2.75, 3.05) is 37.7 Å². The van der Waals surface area contributed by atoms with Crippen LogP contribution in [-0.2, 0) is 0 Å². The predicted octanol–water partition coefficient (Wildman–Crippen LogP) is 2.39. The minimum atomic E-state index is 0.759. The first-order valence-corrected chi connectivity index (χ1v) is 6.42. The van der Waals surface area contributed by atoms with Gasteiger partial charge in [0.25, 0.3) is 0 Å². The summed E-state index contributed by atoms with van der Waals surface area (Å²) in [6, 6.07) is 5.88. The Hall–Kier alpha value is -0.740. The molecule has 0 amide bonds. The van der Waals surface area contributed by atoms with Crippen molar-refractivity contribution in [3.63, 3.8) is 0 Å². The summed E-state index contributed by atoms with van der Waals surface area (Å²) in [5, 5.41) is 3.47. The Morgan fingerprint density at radius 1 is 1.56 bits per heavy atom. The molecule has 0 bridgehead atoms. The molecule has 1 aliphatic rings. The fourth-order valence-electron chi connectivity index (χ4n) is 2.12. The van der Waals surface area contributed by atoms with E-state index in [0.717, 1.165) is 28.3 Å². The first-order chi connectivity index (χ1) is 7.65. The van der Waals surface area contributed by atoms with Crippen molar-refractivity contribution >= 4 is 27.3 Å². The van der Waals surface area contributed by atoms with Crippen molar-refractivity contribution in [1.29, 1.82) is 0 Å². The second-order valence-electron chi connectivity index (χ2n) is 4.54. The zero-order valence-electron chi connectivity index (χ0n) is 9.54. The molecule has 0 aromatic heterocycles. The summed E-state index contributed by atoms with van der Waals surface area (Å²) < 4.78 is 1.04. The standard InChI is InChI=1S/C12H18BrN3/c1-16-5-4-9(8-16)7-15-12-3-2-10(14)6-11(12)13/h2-3,6,9,15H,4-5,7-8,14H2,1H3. The van der Waals surface area contributed by atoms with E-state index in [9.17, 15) is 0 Å². The van der Waals surface area contributed by atoms with Crippen LogP contribution in [0.25, 0.3) is 0 Å². The molecule has 1 fully saturated rings. The van der Waals surface area contributed by atoms with E-state index in [2.05, 4.69) is 33.2 Å². The van der Waals surface area contributed by atoms with E-state index in [4.69, 9.17) is 5.73 Å². The van der Waals surface area contributed by atoms with Crippen LogP contribution >= 0.6 is 15.9 Å². The molecule has 16 heavy (non-hydrogen) atoms. The molecule has 1 saturated heterocycles. The summed E-state index contributed by atoms with van der Waals surface area (Å²) in [5.41, 5.74) is 7.62. The largest absolute Gasteiger partial charge is 0.399 e. The third-order valence-electron chi connectivity index (χ3n) is 3.06. The highest BCUT2D eigenvalue weighted by Crippen LogP contribution is 2.25. The number of nitrogens with two attached hydrogens (primary N) is 1. The van der Waals surface area contributed by atoms with Gasteiger partial charge in [-0.25, -0.2) is 0 Å². The number of hydrogen-bond donors (Lipinski definition) is 2. The fourth-order valence-corrected chi connectivity index (χ4v) is 2.66. The molecule has 0 spiro atoms. The molecule has 1 heterocycles. The van der Waals surface area contributed by atoms with Gasteiger partial charge in [0.2, 0.25) is 0 Å². The first kappa shape index (κ1) is 11.7. The molecular formula is C12H18BrN3. The predicted molar refractivity (Wildman–Crippen MR) is 72.6 cm³/mol. The van der Waals surface area contributed by atoms with Crippen LogP contribution in [0.3, 0.4) is 0 Å². The first-order valence-electron chi connectivity index (χ1n) is 5.62. The van der Waals surface area contributed by atoms with E-state index in [1.165, 1.54) is 19.5 Å². The summed E-state index contributed by atoms with van der Waals surface area (Å²) in [6.45, 7) is 3.45. The summed E-state index contributed by atoms with van der Waals surface area (Å²) in [7, 11) is 2.18. The van der Waals surface area contributed by atoms with Crippen LogP contribution in [0, 0.1) is 5.92 Å². The highest BCUT2D eigenvalue weighted by molar-refractivity contribution is 9.10. The molecule has 0 radical (unpaired) electrons. The van der Waals surface area contributed by atoms with Crippen molar-refractivity contribution in [2.24, 2.45) is 5.92 Å². The van der Waals surface area contributed by atoms with Crippen LogP contribution < -0.4 is 11.1 Å². The average molecular weight is 284 g/mol. The molecule has 3 N–H and O–H groups in total. The Labute approximate surface area is 105 Å². The molecular weight excluding hydrogens is 266 g/mol. The monoisotopic (exact) mass is 283 g/mol. The topological polar surface area (TPSA) is 41.3 Å². The maximum Gasteiger partial charge on any atom is 0.0486 e. The third kappa shape index (κ3) is 2.89. The SMILES string of the molecule is CN1CCC(CNc2ccc(N)cc2Br)C1. The Bertz CT molecular complexity index is 367. The van der Waals surface area contributed by atoms with E-state index in [1.54, 1.807) is 0 Å². The molecule has 0 saturated carbocycles. The van der Waals surface area contributed by atoms with Crippen LogP contribution in [-0.4, -0.2) is 31.6 Å². The van der Waals surface area contributed by atoms with Gasteiger partial charge < -0.3 is 16.0 Å². The number of hydrogen-bond acceptors (Lipinski definition) is 3. The van der Waals surface area contributed by atoms with E-state index >= 15 is 0 Å². The van der Waals surface area contributed by atoms with Crippen LogP contribution in [0.4, 0.5) is 11.4 Å². The van der Waals surface area contributed by atoms with Gasteiger partial charge in [-0.1, -0.05) is 0 Å². The maximum atomic E-state index is 5.70. The lowest BCUT2D eigenvalue weighted by Crippen LogP contribution is -2.19. The number of likely N-dealkylation sites (tertiary alicyclic amines) is 1. The van der Waals surface area contributed by atoms with Gasteiger partial charge in [-0.3, -0.25) is 0 Å². The maximum absolute atomic E-state index is 5.70. The summed E-state index contributed by atoms with van der Waals surface area (Å²) in [4.78, 5) is 2.38. The zero-order valence-corrected chi connectivity index (χ0v) is 11.1. The van der Waals surface area contributed by atoms with Crippen LogP contribution in [0.15, 0.2) is 22.7 Å². The number of nitrogen functional groups attached to an aromatic ring is 1. The highest BCUT2D eigenvalue weighted by Gasteiger charge is 2.18. The number of nitrogens with one attached hydrogen (secondary N) is 1. The molecule has 4 heteroatoms. The van der Waals surface area contributed by atoms with E-state index in [1.807, 2.05) is 18.2 Å². The second kappa shape index (κ2) is 5.06.